The van der Waals surface area contributed by atoms with Crippen LogP contribution < -0.4 is 16.6 Å². The molecule has 1 aromatic carbocycles. The van der Waals surface area contributed by atoms with E-state index in [1.54, 1.807) is 0 Å². The molecule has 15 heavy (non-hydrogen) atoms. The van der Waals surface area contributed by atoms with Gasteiger partial charge in [0, 0.05) is 15.6 Å². The van der Waals surface area contributed by atoms with E-state index in [4.69, 9.17) is 28.9 Å². The maximum Gasteiger partial charge on any atom is 0.330 e. The van der Waals surface area contributed by atoms with Crippen LogP contribution in [0, 0.1) is 0 Å². The van der Waals surface area contributed by atoms with Crippen molar-refractivity contribution in [2.24, 2.45) is 5.73 Å². The Kier molecular flexibility index (Phi) is 3.76. The molecule has 7 heteroatoms. The molecule has 5 nitrogen and oxygen atoms in total. The molecule has 0 bridgehead atoms. The average Bonchev–Trinajstić information content (AvgIpc) is 2.12. The molecule has 4 N–H and O–H groups in total. The molecular weight excluding hydrogens is 241 g/mol. The van der Waals surface area contributed by atoms with Crippen molar-refractivity contribution in [3.8, 4) is 0 Å². The number of halogens is 2. The standard InChI is InChI=1S/C8H7Cl2N3O2/c9-5-1-4(2-6(10)3-5)7(14)12-13-8(11)15/h1-3H,(H,12,14)(H3,11,13,15). The second-order valence-electron chi connectivity index (χ2n) is 2.60. The minimum absolute atomic E-state index is 0.223. The third-order valence-electron chi connectivity index (χ3n) is 1.42. The number of carbonyl (C=O) groups is 2. The van der Waals surface area contributed by atoms with E-state index in [2.05, 4.69) is 5.43 Å². The summed E-state index contributed by atoms with van der Waals surface area (Å²) in [5.74, 6) is -0.557. The summed E-state index contributed by atoms with van der Waals surface area (Å²) in [6, 6.07) is 3.44. The van der Waals surface area contributed by atoms with Crippen LogP contribution in [0.5, 0.6) is 0 Å². The molecule has 0 heterocycles. The van der Waals surface area contributed by atoms with Crippen LogP contribution in [0.3, 0.4) is 0 Å². The Morgan fingerprint density at radius 2 is 1.60 bits per heavy atom. The Hall–Kier alpha value is -1.46. The predicted octanol–water partition coefficient (Wildman–Crippen LogP) is 1.31. The van der Waals surface area contributed by atoms with E-state index in [9.17, 15) is 9.59 Å². The lowest BCUT2D eigenvalue weighted by atomic mass is 10.2. The van der Waals surface area contributed by atoms with Crippen molar-refractivity contribution < 1.29 is 9.59 Å². The van der Waals surface area contributed by atoms with E-state index in [0.29, 0.717) is 10.0 Å². The highest BCUT2D eigenvalue weighted by Crippen LogP contribution is 2.18. The van der Waals surface area contributed by atoms with Crippen LogP contribution in [-0.4, -0.2) is 11.9 Å². The molecule has 0 aliphatic rings. The number of nitrogens with one attached hydrogen (secondary N) is 2. The van der Waals surface area contributed by atoms with Crippen molar-refractivity contribution >= 4 is 35.1 Å². The van der Waals surface area contributed by atoms with E-state index in [1.807, 2.05) is 5.43 Å². The fourth-order valence-electron chi connectivity index (χ4n) is 0.875. The van der Waals surface area contributed by atoms with Gasteiger partial charge in [-0.3, -0.25) is 10.2 Å². The molecule has 0 aromatic heterocycles. The number of hydrazine groups is 1. The van der Waals surface area contributed by atoms with Crippen molar-refractivity contribution in [1.82, 2.24) is 10.9 Å². The van der Waals surface area contributed by atoms with Gasteiger partial charge in [0.15, 0.2) is 0 Å². The first-order valence-electron chi connectivity index (χ1n) is 3.81. The predicted molar refractivity (Wildman–Crippen MR) is 56.6 cm³/mol. The van der Waals surface area contributed by atoms with Gasteiger partial charge in [0.25, 0.3) is 5.91 Å². The molecule has 0 unspecified atom stereocenters. The molecule has 0 saturated heterocycles. The summed E-state index contributed by atoms with van der Waals surface area (Å²) in [5, 5.41) is 0.651. The summed E-state index contributed by atoms with van der Waals surface area (Å²) < 4.78 is 0. The van der Waals surface area contributed by atoms with Gasteiger partial charge in [0.2, 0.25) is 0 Å². The van der Waals surface area contributed by atoms with Gasteiger partial charge in [0.1, 0.15) is 0 Å². The minimum atomic E-state index is -0.864. The Balaban J connectivity index is 2.77. The first-order chi connectivity index (χ1) is 6.99. The molecule has 0 spiro atoms. The Labute approximate surface area is 95.5 Å². The first-order valence-corrected chi connectivity index (χ1v) is 4.56. The van der Waals surface area contributed by atoms with Crippen LogP contribution in [0.25, 0.3) is 0 Å². The summed E-state index contributed by atoms with van der Waals surface area (Å²) in [6.07, 6.45) is 0. The van der Waals surface area contributed by atoms with Gasteiger partial charge >= 0.3 is 6.03 Å². The van der Waals surface area contributed by atoms with Crippen molar-refractivity contribution in [3.63, 3.8) is 0 Å². The van der Waals surface area contributed by atoms with Gasteiger partial charge in [-0.15, -0.1) is 0 Å². The zero-order chi connectivity index (χ0) is 11.4. The quantitative estimate of drug-likeness (QED) is 0.654. The molecule has 0 aliphatic carbocycles. The fraction of sp³-hybridized carbons (Fsp3) is 0. The number of rotatable bonds is 1. The van der Waals surface area contributed by atoms with E-state index in [-0.39, 0.29) is 5.56 Å². The van der Waals surface area contributed by atoms with Gasteiger partial charge in [-0.25, -0.2) is 10.2 Å². The van der Waals surface area contributed by atoms with Crippen molar-refractivity contribution in [3.05, 3.63) is 33.8 Å². The van der Waals surface area contributed by atoms with Crippen LogP contribution in [0.2, 0.25) is 10.0 Å². The van der Waals surface area contributed by atoms with E-state index in [0.717, 1.165) is 0 Å². The number of urea groups is 1. The molecule has 1 rings (SSSR count). The number of amides is 3. The Morgan fingerprint density at radius 1 is 1.07 bits per heavy atom. The van der Waals surface area contributed by atoms with Crippen LogP contribution in [0.4, 0.5) is 4.79 Å². The molecule has 3 amide bonds. The molecule has 1 aromatic rings. The fourth-order valence-corrected chi connectivity index (χ4v) is 1.40. The monoisotopic (exact) mass is 247 g/mol. The normalized spacial score (nSPS) is 9.47. The summed E-state index contributed by atoms with van der Waals surface area (Å²) in [7, 11) is 0. The SMILES string of the molecule is NC(=O)NNC(=O)c1cc(Cl)cc(Cl)c1. The highest BCUT2D eigenvalue weighted by Gasteiger charge is 2.07. The number of carbonyl (C=O) groups excluding carboxylic acids is 2. The highest BCUT2D eigenvalue weighted by molar-refractivity contribution is 6.35. The lowest BCUT2D eigenvalue weighted by Gasteiger charge is -2.05. The van der Waals surface area contributed by atoms with E-state index >= 15 is 0 Å². The van der Waals surface area contributed by atoms with Crippen LogP contribution in [0.15, 0.2) is 18.2 Å². The van der Waals surface area contributed by atoms with Gasteiger partial charge in [0.05, 0.1) is 0 Å². The average molecular weight is 248 g/mol. The smallest absolute Gasteiger partial charge is 0.330 e. The molecule has 0 atom stereocenters. The van der Waals surface area contributed by atoms with Gasteiger partial charge < -0.3 is 5.73 Å². The van der Waals surface area contributed by atoms with Gasteiger partial charge in [-0.2, -0.15) is 0 Å². The largest absolute Gasteiger partial charge is 0.350 e. The number of nitrogens with two attached hydrogens (primary N) is 1. The lowest BCUT2D eigenvalue weighted by molar-refractivity contribution is 0.0937. The molecule has 0 aliphatic heterocycles. The van der Waals surface area contributed by atoms with Crippen molar-refractivity contribution in [2.75, 3.05) is 0 Å². The maximum atomic E-state index is 11.4. The number of hydrogen-bond donors (Lipinski definition) is 3. The summed E-state index contributed by atoms with van der Waals surface area (Å²) >= 11 is 11.4. The van der Waals surface area contributed by atoms with Crippen LogP contribution in [-0.2, 0) is 0 Å². The third kappa shape index (κ3) is 3.65. The van der Waals surface area contributed by atoms with Crippen LogP contribution in [0.1, 0.15) is 10.4 Å². The summed E-state index contributed by atoms with van der Waals surface area (Å²) in [5.41, 5.74) is 8.99. The molecule has 0 saturated carbocycles. The van der Waals surface area contributed by atoms with E-state index < -0.39 is 11.9 Å². The van der Waals surface area contributed by atoms with Gasteiger partial charge in [-0.1, -0.05) is 23.2 Å². The summed E-state index contributed by atoms with van der Waals surface area (Å²) in [6.45, 7) is 0. The second kappa shape index (κ2) is 4.86. The highest BCUT2D eigenvalue weighted by atomic mass is 35.5. The Bertz CT molecular complexity index is 389. The topological polar surface area (TPSA) is 84.2 Å². The zero-order valence-corrected chi connectivity index (χ0v) is 8.89. The minimum Gasteiger partial charge on any atom is -0.350 e. The Morgan fingerprint density at radius 3 is 2.07 bits per heavy atom. The van der Waals surface area contributed by atoms with E-state index in [1.165, 1.54) is 18.2 Å². The molecule has 0 radical (unpaired) electrons. The number of hydrogen-bond acceptors (Lipinski definition) is 2. The maximum absolute atomic E-state index is 11.4. The number of primary amides is 1. The van der Waals surface area contributed by atoms with Crippen molar-refractivity contribution in [1.29, 1.82) is 0 Å². The molecule has 80 valence electrons. The van der Waals surface area contributed by atoms with Gasteiger partial charge in [-0.05, 0) is 18.2 Å². The number of benzene rings is 1. The summed E-state index contributed by atoms with van der Waals surface area (Å²) in [4.78, 5) is 21.7. The van der Waals surface area contributed by atoms with Crippen LogP contribution >= 0.6 is 23.2 Å². The molecule has 0 fully saturated rings. The first kappa shape index (κ1) is 11.6. The second-order valence-corrected chi connectivity index (χ2v) is 3.47. The lowest BCUT2D eigenvalue weighted by Crippen LogP contribution is -2.44. The zero-order valence-electron chi connectivity index (χ0n) is 7.38. The van der Waals surface area contributed by atoms with Crippen molar-refractivity contribution in [2.45, 2.75) is 0 Å². The third-order valence-corrected chi connectivity index (χ3v) is 1.86. The molecular formula is C8H7Cl2N3O2.